The summed E-state index contributed by atoms with van der Waals surface area (Å²) in [5, 5.41) is 11.9. The van der Waals surface area contributed by atoms with E-state index in [2.05, 4.69) is 42.1 Å². The molecular weight excluding hydrogens is 474 g/mol. The van der Waals surface area contributed by atoms with Gasteiger partial charge in [0.2, 0.25) is 0 Å². The lowest BCUT2D eigenvalue weighted by atomic mass is 10.2. The van der Waals surface area contributed by atoms with Crippen molar-refractivity contribution in [2.75, 3.05) is 20.8 Å². The van der Waals surface area contributed by atoms with Crippen LogP contribution in [-0.2, 0) is 17.0 Å². The van der Waals surface area contributed by atoms with Gasteiger partial charge in [-0.25, -0.2) is 0 Å². The fourth-order valence-corrected chi connectivity index (χ4v) is 5.59. The van der Waals surface area contributed by atoms with Crippen LogP contribution in [0.3, 0.4) is 0 Å². The monoisotopic (exact) mass is 495 g/mol. The van der Waals surface area contributed by atoms with Crippen LogP contribution in [0, 0.1) is 0 Å². The fraction of sp³-hybridized carbons (Fsp3) is 0.400. The maximum Gasteiger partial charge on any atom is 0.191 e. The van der Waals surface area contributed by atoms with E-state index in [4.69, 9.17) is 14.2 Å². The lowest BCUT2D eigenvalue weighted by Crippen LogP contribution is -2.16. The molecule has 29 heavy (non-hydrogen) atoms. The molecule has 1 atom stereocenters. The van der Waals surface area contributed by atoms with Gasteiger partial charge in [0.25, 0.3) is 0 Å². The van der Waals surface area contributed by atoms with Gasteiger partial charge in [0.05, 0.1) is 31.7 Å². The molecule has 4 rings (SSSR count). The minimum Gasteiger partial charge on any atom is -0.493 e. The zero-order valence-corrected chi connectivity index (χ0v) is 19.5. The first-order valence-corrected chi connectivity index (χ1v) is 12.0. The van der Waals surface area contributed by atoms with Crippen molar-refractivity contribution in [3.8, 4) is 22.2 Å². The van der Waals surface area contributed by atoms with E-state index in [0.29, 0.717) is 11.5 Å². The number of thiophene rings is 1. The molecule has 1 aliphatic rings. The molecule has 2 aromatic heterocycles. The predicted molar refractivity (Wildman–Crippen MR) is 119 cm³/mol. The average Bonchev–Trinajstić information content (AvgIpc) is 3.49. The topological polar surface area (TPSA) is 58.4 Å². The highest BCUT2D eigenvalue weighted by atomic mass is 79.9. The van der Waals surface area contributed by atoms with Gasteiger partial charge < -0.3 is 14.2 Å². The molecule has 0 saturated carbocycles. The summed E-state index contributed by atoms with van der Waals surface area (Å²) in [4.78, 5) is 1.12. The number of methoxy groups -OCH3 is 2. The van der Waals surface area contributed by atoms with Gasteiger partial charge >= 0.3 is 0 Å². The third-order valence-electron chi connectivity index (χ3n) is 4.78. The number of hydrogen-bond acceptors (Lipinski definition) is 7. The molecule has 6 nitrogen and oxygen atoms in total. The number of thioether (sulfide) groups is 1. The summed E-state index contributed by atoms with van der Waals surface area (Å²) in [6.45, 7) is 1.61. The number of rotatable bonds is 8. The summed E-state index contributed by atoms with van der Waals surface area (Å²) in [7, 11) is 3.28. The number of aromatic nitrogens is 3. The Balaban J connectivity index is 1.58. The summed E-state index contributed by atoms with van der Waals surface area (Å²) in [6, 6.07) is 8.05. The molecule has 0 aliphatic carbocycles. The van der Waals surface area contributed by atoms with Gasteiger partial charge in [0.15, 0.2) is 22.5 Å². The van der Waals surface area contributed by atoms with Gasteiger partial charge in [0, 0.05) is 16.8 Å². The third-order valence-corrected chi connectivity index (χ3v) is 7.40. The zero-order chi connectivity index (χ0) is 20.2. The first-order valence-electron chi connectivity index (χ1n) is 9.31. The van der Waals surface area contributed by atoms with Gasteiger partial charge in [-0.15, -0.1) is 21.5 Å². The van der Waals surface area contributed by atoms with Crippen LogP contribution in [0.15, 0.2) is 39.3 Å². The van der Waals surface area contributed by atoms with E-state index in [9.17, 15) is 0 Å². The highest BCUT2D eigenvalue weighted by molar-refractivity contribution is 9.10. The first kappa shape index (κ1) is 20.7. The Labute approximate surface area is 186 Å². The van der Waals surface area contributed by atoms with Gasteiger partial charge in [-0.1, -0.05) is 33.8 Å². The number of ether oxygens (including phenoxy) is 3. The summed E-state index contributed by atoms with van der Waals surface area (Å²) in [5.41, 5.74) is 1.11. The smallest absolute Gasteiger partial charge is 0.191 e. The second-order valence-electron chi connectivity index (χ2n) is 6.62. The highest BCUT2D eigenvalue weighted by Crippen LogP contribution is 2.37. The van der Waals surface area contributed by atoms with Crippen molar-refractivity contribution in [3.63, 3.8) is 0 Å². The van der Waals surface area contributed by atoms with E-state index >= 15 is 0 Å². The third kappa shape index (κ3) is 4.63. The Morgan fingerprint density at radius 3 is 2.79 bits per heavy atom. The molecule has 0 bridgehead atoms. The highest BCUT2D eigenvalue weighted by Gasteiger charge is 2.22. The van der Waals surface area contributed by atoms with Crippen molar-refractivity contribution < 1.29 is 14.2 Å². The summed E-state index contributed by atoms with van der Waals surface area (Å²) in [6.07, 6.45) is 2.41. The van der Waals surface area contributed by atoms with Crippen LogP contribution in [0.5, 0.6) is 11.5 Å². The summed E-state index contributed by atoms with van der Waals surface area (Å²) >= 11 is 6.98. The molecule has 0 unspecified atom stereocenters. The average molecular weight is 496 g/mol. The number of hydrogen-bond donors (Lipinski definition) is 0. The summed E-state index contributed by atoms with van der Waals surface area (Å²) < 4.78 is 19.9. The molecule has 1 saturated heterocycles. The minimum atomic E-state index is 0.219. The van der Waals surface area contributed by atoms with Crippen molar-refractivity contribution in [1.82, 2.24) is 14.8 Å². The molecule has 9 heteroatoms. The van der Waals surface area contributed by atoms with Crippen LogP contribution in [0.1, 0.15) is 18.4 Å². The van der Waals surface area contributed by atoms with E-state index in [-0.39, 0.29) is 6.10 Å². The quantitative estimate of drug-likeness (QED) is 0.397. The van der Waals surface area contributed by atoms with Crippen molar-refractivity contribution >= 4 is 39.0 Å². The molecule has 0 spiro atoms. The Morgan fingerprint density at radius 1 is 1.28 bits per heavy atom. The molecule has 3 aromatic rings. The molecule has 1 fully saturated rings. The number of benzene rings is 1. The van der Waals surface area contributed by atoms with Crippen molar-refractivity contribution in [2.24, 2.45) is 0 Å². The van der Waals surface area contributed by atoms with Crippen LogP contribution in [-0.4, -0.2) is 41.7 Å². The largest absolute Gasteiger partial charge is 0.493 e. The van der Waals surface area contributed by atoms with Crippen LogP contribution in [0.4, 0.5) is 0 Å². The van der Waals surface area contributed by atoms with Crippen LogP contribution in [0.2, 0.25) is 0 Å². The Kier molecular flexibility index (Phi) is 6.79. The van der Waals surface area contributed by atoms with Crippen molar-refractivity contribution in [1.29, 1.82) is 0 Å². The second kappa shape index (κ2) is 9.51. The minimum absolute atomic E-state index is 0.219. The lowest BCUT2D eigenvalue weighted by molar-refractivity contribution is 0.0953. The molecular formula is C20H22BrN3O3S2. The fourth-order valence-electron chi connectivity index (χ4n) is 3.29. The van der Waals surface area contributed by atoms with E-state index in [1.807, 2.05) is 18.2 Å². The van der Waals surface area contributed by atoms with E-state index in [0.717, 1.165) is 57.6 Å². The normalized spacial score (nSPS) is 16.3. The van der Waals surface area contributed by atoms with Crippen molar-refractivity contribution in [2.45, 2.75) is 36.4 Å². The van der Waals surface area contributed by atoms with Gasteiger partial charge in [-0.05, 0) is 42.0 Å². The van der Waals surface area contributed by atoms with Crippen molar-refractivity contribution in [3.05, 3.63) is 39.7 Å². The van der Waals surface area contributed by atoms with Gasteiger partial charge in [-0.2, -0.15) is 0 Å². The lowest BCUT2D eigenvalue weighted by Gasteiger charge is -2.15. The molecule has 0 amide bonds. The Bertz CT molecular complexity index is 956. The number of nitrogens with zero attached hydrogens (tertiary/aromatic N) is 3. The van der Waals surface area contributed by atoms with Gasteiger partial charge in [-0.3, -0.25) is 4.57 Å². The van der Waals surface area contributed by atoms with E-state index < -0.39 is 0 Å². The van der Waals surface area contributed by atoms with Crippen LogP contribution >= 0.6 is 39.0 Å². The Hall–Kier alpha value is -1.55. The molecule has 154 valence electrons. The predicted octanol–water partition coefficient (Wildman–Crippen LogP) is 5.26. The molecule has 1 aliphatic heterocycles. The SMILES string of the molecule is COc1cc(Br)c(CSc2nnc(-c3cccs3)n2C[C@H]2CCCO2)cc1OC. The molecule has 0 radical (unpaired) electrons. The maximum atomic E-state index is 5.87. The molecule has 3 heterocycles. The van der Waals surface area contributed by atoms with E-state index in [1.165, 1.54) is 0 Å². The zero-order valence-electron chi connectivity index (χ0n) is 16.3. The maximum absolute atomic E-state index is 5.87. The first-order chi connectivity index (χ1) is 14.2. The second-order valence-corrected chi connectivity index (χ2v) is 9.36. The van der Waals surface area contributed by atoms with Crippen LogP contribution in [0.25, 0.3) is 10.7 Å². The Morgan fingerprint density at radius 2 is 2.10 bits per heavy atom. The summed E-state index contributed by atoms with van der Waals surface area (Å²) in [5.74, 6) is 3.06. The number of halogens is 1. The standard InChI is InChI=1S/C20H22BrN3O3S2/c1-25-16-9-13(15(21)10-17(16)26-2)12-29-20-23-22-19(18-6-4-8-28-18)24(20)11-14-5-3-7-27-14/h4,6,8-10,14H,3,5,7,11-12H2,1-2H3/t14-/m1/s1. The van der Waals surface area contributed by atoms with Gasteiger partial charge in [0.1, 0.15) is 0 Å². The molecule has 0 N–H and O–H groups in total. The molecule has 1 aromatic carbocycles. The van der Waals surface area contributed by atoms with Crippen LogP contribution < -0.4 is 9.47 Å². The van der Waals surface area contributed by atoms with E-state index in [1.54, 1.807) is 37.3 Å².